The zero-order valence-electron chi connectivity index (χ0n) is 12.7. The Bertz CT molecular complexity index is 608. The number of nitrogens with zero attached hydrogens (tertiary/aromatic N) is 3. The smallest absolute Gasteiger partial charge is 0.149 e. The summed E-state index contributed by atoms with van der Waals surface area (Å²) >= 11 is 0. The molecule has 2 aromatic rings. The van der Waals surface area contributed by atoms with E-state index in [1.807, 2.05) is 6.07 Å². The summed E-state index contributed by atoms with van der Waals surface area (Å²) in [4.78, 5) is 0. The minimum absolute atomic E-state index is 0.194. The molecule has 1 N–H and O–H groups in total. The van der Waals surface area contributed by atoms with Crippen molar-refractivity contribution in [3.8, 4) is 0 Å². The normalized spacial score (nSPS) is 15.1. The van der Waals surface area contributed by atoms with Gasteiger partial charge in [-0.05, 0) is 24.5 Å². The summed E-state index contributed by atoms with van der Waals surface area (Å²) in [7, 11) is 1.73. The number of aryl methyl sites for hydroxylation is 1. The van der Waals surface area contributed by atoms with Crippen molar-refractivity contribution in [2.45, 2.75) is 45.5 Å². The molecule has 5 nitrogen and oxygen atoms in total. The average Bonchev–Trinajstić information content (AvgIpc) is 3.09. The van der Waals surface area contributed by atoms with Gasteiger partial charge >= 0.3 is 0 Å². The average molecular weight is 286 g/mol. The molecule has 112 valence electrons. The number of hydrogen-bond acceptors (Lipinski definition) is 4. The summed E-state index contributed by atoms with van der Waals surface area (Å²) in [6.45, 7) is 4.65. The minimum Gasteiger partial charge on any atom is -0.380 e. The van der Waals surface area contributed by atoms with Gasteiger partial charge in [0, 0.05) is 26.6 Å². The van der Waals surface area contributed by atoms with Crippen LogP contribution in [0.15, 0.2) is 24.3 Å². The predicted octanol–water partition coefficient (Wildman–Crippen LogP) is 2.22. The summed E-state index contributed by atoms with van der Waals surface area (Å²) in [6.07, 6.45) is 2.23. The Labute approximate surface area is 125 Å². The van der Waals surface area contributed by atoms with Crippen LogP contribution in [0.5, 0.6) is 0 Å². The van der Waals surface area contributed by atoms with Gasteiger partial charge in [0.2, 0.25) is 0 Å². The molecule has 1 aliphatic rings. The molecular formula is C16H22N4O. The van der Waals surface area contributed by atoms with Crippen LogP contribution in [0.4, 0.5) is 0 Å². The molecule has 1 aromatic carbocycles. The number of fused-ring (bicyclic) bond motifs is 1. The van der Waals surface area contributed by atoms with Crippen molar-refractivity contribution in [2.75, 3.05) is 7.11 Å². The molecule has 1 aromatic heterocycles. The van der Waals surface area contributed by atoms with Crippen molar-refractivity contribution in [1.82, 2.24) is 20.1 Å². The first kappa shape index (κ1) is 14.2. The molecule has 0 saturated carbocycles. The number of ether oxygens (including phenoxy) is 1. The van der Waals surface area contributed by atoms with Crippen LogP contribution >= 0.6 is 0 Å². The van der Waals surface area contributed by atoms with Crippen molar-refractivity contribution in [3.63, 3.8) is 0 Å². The van der Waals surface area contributed by atoms with E-state index in [4.69, 9.17) is 4.74 Å². The highest BCUT2D eigenvalue weighted by molar-refractivity contribution is 5.26. The fourth-order valence-corrected chi connectivity index (χ4v) is 2.87. The zero-order chi connectivity index (χ0) is 14.7. The Morgan fingerprint density at radius 1 is 1.29 bits per heavy atom. The fraction of sp³-hybridized carbons (Fsp3) is 0.500. The highest BCUT2D eigenvalue weighted by Gasteiger charge is 2.20. The molecule has 0 saturated heterocycles. The largest absolute Gasteiger partial charge is 0.380 e. The van der Waals surface area contributed by atoms with E-state index in [2.05, 4.69) is 45.2 Å². The van der Waals surface area contributed by atoms with Crippen LogP contribution < -0.4 is 5.32 Å². The number of benzene rings is 1. The van der Waals surface area contributed by atoms with Crippen molar-refractivity contribution >= 4 is 0 Å². The summed E-state index contributed by atoms with van der Waals surface area (Å²) < 4.78 is 7.50. The van der Waals surface area contributed by atoms with E-state index in [1.54, 1.807) is 7.11 Å². The van der Waals surface area contributed by atoms with Gasteiger partial charge in [0.05, 0.1) is 12.6 Å². The van der Waals surface area contributed by atoms with Gasteiger partial charge < -0.3 is 14.6 Å². The Morgan fingerprint density at radius 2 is 2.10 bits per heavy atom. The van der Waals surface area contributed by atoms with Crippen molar-refractivity contribution in [1.29, 1.82) is 0 Å². The summed E-state index contributed by atoms with van der Waals surface area (Å²) in [6, 6.07) is 8.56. The second kappa shape index (κ2) is 6.37. The number of nitrogens with one attached hydrogen (secondary N) is 1. The van der Waals surface area contributed by atoms with Crippen LogP contribution in [-0.2, 0) is 30.9 Å². The Balaban J connectivity index is 1.67. The first-order valence-corrected chi connectivity index (χ1v) is 7.50. The molecule has 1 unspecified atom stereocenters. The summed E-state index contributed by atoms with van der Waals surface area (Å²) in [5.41, 5.74) is 2.50. The van der Waals surface area contributed by atoms with Crippen LogP contribution in [0.2, 0.25) is 0 Å². The predicted molar refractivity (Wildman–Crippen MR) is 80.8 cm³/mol. The second-order valence-corrected chi connectivity index (χ2v) is 5.53. The van der Waals surface area contributed by atoms with Crippen LogP contribution in [-0.4, -0.2) is 21.9 Å². The second-order valence-electron chi connectivity index (χ2n) is 5.53. The summed E-state index contributed by atoms with van der Waals surface area (Å²) in [5.74, 6) is 2.17. The van der Waals surface area contributed by atoms with Gasteiger partial charge in [0.1, 0.15) is 11.6 Å². The Hall–Kier alpha value is -1.72. The topological polar surface area (TPSA) is 52.0 Å². The van der Waals surface area contributed by atoms with Crippen LogP contribution in [0, 0.1) is 0 Å². The molecule has 0 aliphatic carbocycles. The maximum atomic E-state index is 5.25. The number of aromatic nitrogens is 3. The van der Waals surface area contributed by atoms with Crippen molar-refractivity contribution < 1.29 is 4.74 Å². The van der Waals surface area contributed by atoms with E-state index in [0.29, 0.717) is 6.61 Å². The van der Waals surface area contributed by atoms with Gasteiger partial charge in [-0.25, -0.2) is 0 Å². The molecule has 1 aliphatic heterocycles. The highest BCUT2D eigenvalue weighted by Crippen LogP contribution is 2.19. The molecule has 0 amide bonds. The molecule has 5 heteroatoms. The molecule has 0 spiro atoms. The van der Waals surface area contributed by atoms with Crippen molar-refractivity contribution in [2.24, 2.45) is 0 Å². The molecular weight excluding hydrogens is 264 g/mol. The maximum absolute atomic E-state index is 5.25. The number of methoxy groups -OCH3 is 1. The molecule has 0 bridgehead atoms. The molecule has 2 heterocycles. The standard InChI is InChI=1S/C16H22N4O/c1-12(16-19-18-15-8-5-9-20(15)16)17-10-13-6-3-4-7-14(13)11-21-2/h3-4,6-7,12,17H,5,8-11H2,1-2H3. The molecule has 0 radical (unpaired) electrons. The Kier molecular flexibility index (Phi) is 4.31. The van der Waals surface area contributed by atoms with Crippen molar-refractivity contribution in [3.05, 3.63) is 47.0 Å². The maximum Gasteiger partial charge on any atom is 0.149 e. The first-order valence-electron chi connectivity index (χ1n) is 7.50. The SMILES string of the molecule is COCc1ccccc1CNC(C)c1nnc2n1CCC2. The van der Waals surface area contributed by atoms with E-state index < -0.39 is 0 Å². The molecule has 0 fully saturated rings. The van der Waals surface area contributed by atoms with E-state index in [0.717, 1.165) is 31.2 Å². The third-order valence-electron chi connectivity index (χ3n) is 4.04. The van der Waals surface area contributed by atoms with E-state index in [1.165, 1.54) is 17.5 Å². The molecule has 3 rings (SSSR count). The minimum atomic E-state index is 0.194. The van der Waals surface area contributed by atoms with Gasteiger partial charge in [-0.2, -0.15) is 0 Å². The monoisotopic (exact) mass is 286 g/mol. The van der Waals surface area contributed by atoms with Gasteiger partial charge in [-0.3, -0.25) is 0 Å². The number of rotatable bonds is 6. The summed E-state index contributed by atoms with van der Waals surface area (Å²) in [5, 5.41) is 12.2. The third kappa shape index (κ3) is 2.99. The third-order valence-corrected chi connectivity index (χ3v) is 4.04. The number of hydrogen-bond donors (Lipinski definition) is 1. The van der Waals surface area contributed by atoms with E-state index >= 15 is 0 Å². The van der Waals surface area contributed by atoms with Crippen LogP contribution in [0.1, 0.15) is 42.2 Å². The van der Waals surface area contributed by atoms with E-state index in [-0.39, 0.29) is 6.04 Å². The van der Waals surface area contributed by atoms with Gasteiger partial charge in [-0.1, -0.05) is 24.3 Å². The lowest BCUT2D eigenvalue weighted by molar-refractivity contribution is 0.184. The first-order chi connectivity index (χ1) is 10.3. The van der Waals surface area contributed by atoms with Gasteiger partial charge in [0.25, 0.3) is 0 Å². The fourth-order valence-electron chi connectivity index (χ4n) is 2.87. The van der Waals surface area contributed by atoms with E-state index in [9.17, 15) is 0 Å². The molecule has 1 atom stereocenters. The lowest BCUT2D eigenvalue weighted by atomic mass is 10.1. The zero-order valence-corrected chi connectivity index (χ0v) is 12.7. The Morgan fingerprint density at radius 3 is 2.90 bits per heavy atom. The highest BCUT2D eigenvalue weighted by atomic mass is 16.5. The molecule has 21 heavy (non-hydrogen) atoms. The van der Waals surface area contributed by atoms with Crippen LogP contribution in [0.25, 0.3) is 0 Å². The van der Waals surface area contributed by atoms with Gasteiger partial charge in [0.15, 0.2) is 0 Å². The quantitative estimate of drug-likeness (QED) is 0.884. The van der Waals surface area contributed by atoms with Crippen LogP contribution in [0.3, 0.4) is 0 Å². The lowest BCUT2D eigenvalue weighted by Gasteiger charge is -2.15. The lowest BCUT2D eigenvalue weighted by Crippen LogP contribution is -2.22. The van der Waals surface area contributed by atoms with Gasteiger partial charge in [-0.15, -0.1) is 10.2 Å².